The van der Waals surface area contributed by atoms with Crippen LogP contribution in [0.15, 0.2) is 4.99 Å². The van der Waals surface area contributed by atoms with Gasteiger partial charge in [0.15, 0.2) is 0 Å². The molecule has 0 saturated heterocycles. The molecule has 0 aromatic rings. The molecule has 0 bridgehead atoms. The molecule has 0 spiro atoms. The lowest BCUT2D eigenvalue weighted by Gasteiger charge is -1.95. The van der Waals surface area contributed by atoms with Gasteiger partial charge in [0, 0.05) is 12.3 Å². The van der Waals surface area contributed by atoms with Gasteiger partial charge in [0.05, 0.1) is 0 Å². The molecule has 0 atom stereocenters. The number of rotatable bonds is 2. The minimum atomic E-state index is 0.456. The number of hydrogen-bond donors (Lipinski definition) is 0. The maximum Gasteiger partial charge on any atom is 0.0439 e. The van der Waals surface area contributed by atoms with Crippen LogP contribution in [0.4, 0.5) is 0 Å². The first-order chi connectivity index (χ1) is 3.63. The van der Waals surface area contributed by atoms with Crippen molar-refractivity contribution >= 4 is 6.21 Å². The van der Waals surface area contributed by atoms with Crippen LogP contribution in [-0.4, -0.2) is 12.3 Å². The van der Waals surface area contributed by atoms with Crippen LogP contribution >= 0.6 is 0 Å². The van der Waals surface area contributed by atoms with Gasteiger partial charge in [-0.25, -0.2) is 0 Å². The second-order valence-electron chi connectivity index (χ2n) is 2.64. The molecule has 0 aliphatic carbocycles. The van der Waals surface area contributed by atoms with Crippen LogP contribution in [0.25, 0.3) is 0 Å². The molecule has 0 heterocycles. The predicted octanol–water partition coefficient (Wildman–Crippen LogP) is 2.12. The van der Waals surface area contributed by atoms with Crippen molar-refractivity contribution in [1.29, 1.82) is 0 Å². The minimum absolute atomic E-state index is 0.456. The predicted molar refractivity (Wildman–Crippen MR) is 38.5 cm³/mol. The van der Waals surface area contributed by atoms with Gasteiger partial charge in [-0.05, 0) is 19.8 Å². The highest BCUT2D eigenvalue weighted by atomic mass is 14.7. The Bertz CT molecular complexity index is 62.5. The lowest BCUT2D eigenvalue weighted by molar-refractivity contribution is 0.812. The fraction of sp³-hybridized carbons (Fsp3) is 0.857. The van der Waals surface area contributed by atoms with Gasteiger partial charge >= 0.3 is 0 Å². The lowest BCUT2D eigenvalue weighted by atomic mass is 10.2. The van der Waals surface area contributed by atoms with E-state index < -0.39 is 0 Å². The maximum absolute atomic E-state index is 4.20. The van der Waals surface area contributed by atoms with E-state index in [4.69, 9.17) is 0 Å². The molecular formula is C7H15N. The molecule has 8 heavy (non-hydrogen) atoms. The molecule has 0 fully saturated rings. The van der Waals surface area contributed by atoms with E-state index in [2.05, 4.69) is 32.7 Å². The second kappa shape index (κ2) is 3.65. The van der Waals surface area contributed by atoms with Crippen LogP contribution < -0.4 is 0 Å². The van der Waals surface area contributed by atoms with Gasteiger partial charge in [0.25, 0.3) is 0 Å². The quantitative estimate of drug-likeness (QED) is 0.486. The molecule has 0 unspecified atom stereocenters. The van der Waals surface area contributed by atoms with Crippen LogP contribution in [0.1, 0.15) is 27.7 Å². The summed E-state index contributed by atoms with van der Waals surface area (Å²) in [5.74, 6) is 0.595. The molecular weight excluding hydrogens is 98.1 g/mol. The van der Waals surface area contributed by atoms with Crippen molar-refractivity contribution in [3.05, 3.63) is 0 Å². The van der Waals surface area contributed by atoms with Crippen LogP contribution in [0, 0.1) is 5.92 Å². The summed E-state index contributed by atoms with van der Waals surface area (Å²) < 4.78 is 0. The van der Waals surface area contributed by atoms with Crippen molar-refractivity contribution in [2.45, 2.75) is 33.7 Å². The zero-order valence-electron chi connectivity index (χ0n) is 6.18. The Morgan fingerprint density at radius 2 is 1.62 bits per heavy atom. The molecule has 0 aromatic heterocycles. The topological polar surface area (TPSA) is 12.4 Å². The molecule has 1 nitrogen and oxygen atoms in total. The Labute approximate surface area is 51.8 Å². The van der Waals surface area contributed by atoms with Crippen molar-refractivity contribution in [1.82, 2.24) is 0 Å². The highest BCUT2D eigenvalue weighted by Crippen LogP contribution is 1.89. The summed E-state index contributed by atoms with van der Waals surface area (Å²) >= 11 is 0. The summed E-state index contributed by atoms with van der Waals surface area (Å²) in [5, 5.41) is 0. The van der Waals surface area contributed by atoms with Crippen molar-refractivity contribution in [3.63, 3.8) is 0 Å². The molecule has 0 N–H and O–H groups in total. The molecule has 0 aliphatic heterocycles. The average Bonchev–Trinajstić information content (AvgIpc) is 1.61. The molecule has 0 amide bonds. The summed E-state index contributed by atoms with van der Waals surface area (Å²) in [5.41, 5.74) is 0. The van der Waals surface area contributed by atoms with Gasteiger partial charge in [0.1, 0.15) is 0 Å². The van der Waals surface area contributed by atoms with E-state index in [1.807, 2.05) is 6.21 Å². The van der Waals surface area contributed by atoms with E-state index in [0.29, 0.717) is 12.0 Å². The molecule has 0 radical (unpaired) electrons. The van der Waals surface area contributed by atoms with E-state index in [-0.39, 0.29) is 0 Å². The highest BCUT2D eigenvalue weighted by Gasteiger charge is 1.85. The molecule has 48 valence electrons. The van der Waals surface area contributed by atoms with Crippen molar-refractivity contribution in [2.24, 2.45) is 10.9 Å². The van der Waals surface area contributed by atoms with Gasteiger partial charge in [-0.2, -0.15) is 0 Å². The van der Waals surface area contributed by atoms with E-state index >= 15 is 0 Å². The first-order valence-corrected chi connectivity index (χ1v) is 3.16. The monoisotopic (exact) mass is 113 g/mol. The summed E-state index contributed by atoms with van der Waals surface area (Å²) in [6, 6.07) is 0.456. The Morgan fingerprint density at radius 1 is 1.12 bits per heavy atom. The maximum atomic E-state index is 4.20. The average molecular weight is 113 g/mol. The number of hydrogen-bond acceptors (Lipinski definition) is 1. The van der Waals surface area contributed by atoms with Gasteiger partial charge in [-0.1, -0.05) is 13.8 Å². The van der Waals surface area contributed by atoms with Crippen molar-refractivity contribution in [3.8, 4) is 0 Å². The summed E-state index contributed by atoms with van der Waals surface area (Å²) in [6.07, 6.45) is 1.99. The molecule has 0 aromatic carbocycles. The normalized spacial score (nSPS) is 12.2. The first kappa shape index (κ1) is 7.67. The van der Waals surface area contributed by atoms with Crippen LogP contribution in [0.5, 0.6) is 0 Å². The molecule has 0 aliphatic rings. The number of nitrogens with zero attached hydrogens (tertiary/aromatic N) is 1. The Morgan fingerprint density at radius 3 is 1.75 bits per heavy atom. The standard InChI is InChI=1S/C7H15N/c1-6(2)5-8-7(3)4/h5-7H,1-4H3/b8-5-. The minimum Gasteiger partial charge on any atom is -0.295 e. The SMILES string of the molecule is CC(C)/C=N\C(C)C. The third-order valence-electron chi connectivity index (χ3n) is 0.682. The Kier molecular flexibility index (Phi) is 3.49. The van der Waals surface area contributed by atoms with E-state index in [9.17, 15) is 0 Å². The van der Waals surface area contributed by atoms with E-state index in [0.717, 1.165) is 0 Å². The summed E-state index contributed by atoms with van der Waals surface area (Å²) in [4.78, 5) is 4.20. The third-order valence-corrected chi connectivity index (χ3v) is 0.682. The van der Waals surface area contributed by atoms with Gasteiger partial charge in [-0.15, -0.1) is 0 Å². The van der Waals surface area contributed by atoms with Crippen LogP contribution in [-0.2, 0) is 0 Å². The lowest BCUT2D eigenvalue weighted by Crippen LogP contribution is -1.93. The zero-order valence-corrected chi connectivity index (χ0v) is 6.18. The number of aliphatic imine (C=N–C) groups is 1. The molecule has 0 rings (SSSR count). The largest absolute Gasteiger partial charge is 0.295 e. The van der Waals surface area contributed by atoms with Crippen LogP contribution in [0.3, 0.4) is 0 Å². The summed E-state index contributed by atoms with van der Waals surface area (Å²) in [7, 11) is 0. The highest BCUT2D eigenvalue weighted by molar-refractivity contribution is 5.59. The first-order valence-electron chi connectivity index (χ1n) is 3.16. The van der Waals surface area contributed by atoms with Crippen molar-refractivity contribution < 1.29 is 0 Å². The Hall–Kier alpha value is -0.330. The van der Waals surface area contributed by atoms with E-state index in [1.54, 1.807) is 0 Å². The fourth-order valence-electron chi connectivity index (χ4n) is 0.344. The molecule has 1 heteroatoms. The van der Waals surface area contributed by atoms with Crippen LogP contribution in [0.2, 0.25) is 0 Å². The van der Waals surface area contributed by atoms with Gasteiger partial charge in [0.2, 0.25) is 0 Å². The van der Waals surface area contributed by atoms with Gasteiger partial charge in [-0.3, -0.25) is 4.99 Å². The van der Waals surface area contributed by atoms with E-state index in [1.165, 1.54) is 0 Å². The second-order valence-corrected chi connectivity index (χ2v) is 2.64. The fourth-order valence-corrected chi connectivity index (χ4v) is 0.344. The Balaban J connectivity index is 3.34. The molecule has 0 saturated carbocycles. The van der Waals surface area contributed by atoms with Gasteiger partial charge < -0.3 is 0 Å². The smallest absolute Gasteiger partial charge is 0.0439 e. The zero-order chi connectivity index (χ0) is 6.57. The summed E-state index contributed by atoms with van der Waals surface area (Å²) in [6.45, 7) is 8.43. The van der Waals surface area contributed by atoms with Crippen molar-refractivity contribution in [2.75, 3.05) is 0 Å². The third kappa shape index (κ3) is 5.67.